The Bertz CT molecular complexity index is 165. The van der Waals surface area contributed by atoms with E-state index in [2.05, 4.69) is 10.2 Å². The quantitative estimate of drug-likeness (QED) is 0.677. The fourth-order valence-corrected chi connectivity index (χ4v) is 1.93. The lowest BCUT2D eigenvalue weighted by molar-refractivity contribution is -0.120. The lowest BCUT2D eigenvalue weighted by Crippen LogP contribution is -2.30. The lowest BCUT2D eigenvalue weighted by atomic mass is 10.1. The van der Waals surface area contributed by atoms with Gasteiger partial charge in [0, 0.05) is 13.5 Å². The first-order valence-corrected chi connectivity index (χ1v) is 5.76. The summed E-state index contributed by atoms with van der Waals surface area (Å²) < 4.78 is 0. The molecule has 0 atom stereocenters. The van der Waals surface area contributed by atoms with Crippen molar-refractivity contribution in [1.82, 2.24) is 10.2 Å². The van der Waals surface area contributed by atoms with Crippen LogP contribution in [0.5, 0.6) is 0 Å². The first-order chi connectivity index (χ1) is 6.83. The number of carbonyl (C=O) groups is 1. The summed E-state index contributed by atoms with van der Waals surface area (Å²) in [6.45, 7) is 3.71. The molecule has 3 nitrogen and oxygen atoms in total. The van der Waals surface area contributed by atoms with Gasteiger partial charge >= 0.3 is 0 Å². The average Bonchev–Trinajstić information content (AvgIpc) is 2.25. The molecule has 1 heterocycles. The zero-order valence-corrected chi connectivity index (χ0v) is 9.22. The van der Waals surface area contributed by atoms with Crippen LogP contribution < -0.4 is 5.32 Å². The van der Waals surface area contributed by atoms with Crippen molar-refractivity contribution in [3.05, 3.63) is 0 Å². The Balaban J connectivity index is 1.94. The molecule has 3 heteroatoms. The van der Waals surface area contributed by atoms with Gasteiger partial charge in [-0.25, -0.2) is 0 Å². The van der Waals surface area contributed by atoms with Gasteiger partial charge < -0.3 is 10.2 Å². The van der Waals surface area contributed by atoms with Crippen molar-refractivity contribution in [2.24, 2.45) is 0 Å². The highest BCUT2D eigenvalue weighted by atomic mass is 16.1. The molecule has 1 N–H and O–H groups in total. The van der Waals surface area contributed by atoms with Gasteiger partial charge in [0.25, 0.3) is 0 Å². The summed E-state index contributed by atoms with van der Waals surface area (Å²) in [5, 5.41) is 2.65. The maximum absolute atomic E-state index is 10.9. The van der Waals surface area contributed by atoms with Crippen LogP contribution in [0.15, 0.2) is 0 Å². The van der Waals surface area contributed by atoms with E-state index < -0.39 is 0 Å². The Hall–Kier alpha value is -0.570. The van der Waals surface area contributed by atoms with Gasteiger partial charge in [0.2, 0.25) is 5.91 Å². The van der Waals surface area contributed by atoms with E-state index in [4.69, 9.17) is 0 Å². The van der Waals surface area contributed by atoms with E-state index in [0.29, 0.717) is 6.42 Å². The van der Waals surface area contributed by atoms with Gasteiger partial charge in [0.05, 0.1) is 0 Å². The van der Waals surface area contributed by atoms with Crippen LogP contribution in [-0.4, -0.2) is 37.5 Å². The van der Waals surface area contributed by atoms with Crippen LogP contribution in [0.4, 0.5) is 0 Å². The normalized spacial score (nSPS) is 18.1. The molecule has 0 bridgehead atoms. The molecule has 0 aromatic rings. The van der Waals surface area contributed by atoms with Crippen molar-refractivity contribution >= 4 is 5.91 Å². The van der Waals surface area contributed by atoms with Crippen molar-refractivity contribution in [2.45, 2.75) is 38.5 Å². The van der Waals surface area contributed by atoms with E-state index in [9.17, 15) is 4.79 Å². The molecule has 82 valence electrons. The number of hydrogen-bond donors (Lipinski definition) is 1. The maximum Gasteiger partial charge on any atom is 0.219 e. The van der Waals surface area contributed by atoms with Gasteiger partial charge in [0.15, 0.2) is 0 Å². The molecular weight excluding hydrogens is 176 g/mol. The van der Waals surface area contributed by atoms with Crippen molar-refractivity contribution in [2.75, 3.05) is 26.7 Å². The van der Waals surface area contributed by atoms with E-state index in [0.717, 1.165) is 12.8 Å². The summed E-state index contributed by atoms with van der Waals surface area (Å²) in [7, 11) is 1.70. The number of likely N-dealkylation sites (tertiary alicyclic amines) is 1. The summed E-state index contributed by atoms with van der Waals surface area (Å²) in [5.41, 5.74) is 0. The zero-order valence-electron chi connectivity index (χ0n) is 9.22. The molecule has 1 amide bonds. The summed E-state index contributed by atoms with van der Waals surface area (Å²) >= 11 is 0. The first-order valence-electron chi connectivity index (χ1n) is 5.76. The lowest BCUT2D eigenvalue weighted by Gasteiger charge is -2.26. The molecule has 1 aliphatic rings. The van der Waals surface area contributed by atoms with E-state index in [1.807, 2.05) is 0 Å². The molecule has 1 saturated heterocycles. The zero-order chi connectivity index (χ0) is 10.2. The highest BCUT2D eigenvalue weighted by molar-refractivity contribution is 5.75. The maximum atomic E-state index is 10.9. The molecule has 1 rings (SSSR count). The van der Waals surface area contributed by atoms with E-state index in [-0.39, 0.29) is 5.91 Å². The smallest absolute Gasteiger partial charge is 0.219 e. The molecule has 0 aromatic heterocycles. The minimum atomic E-state index is 0.170. The van der Waals surface area contributed by atoms with Gasteiger partial charge in [-0.1, -0.05) is 6.42 Å². The predicted octanol–water partition coefficient (Wildman–Crippen LogP) is 1.39. The number of hydrogen-bond acceptors (Lipinski definition) is 2. The molecule has 0 saturated carbocycles. The van der Waals surface area contributed by atoms with Crippen LogP contribution in [0.1, 0.15) is 38.5 Å². The van der Waals surface area contributed by atoms with Crippen LogP contribution >= 0.6 is 0 Å². The van der Waals surface area contributed by atoms with Crippen LogP contribution in [-0.2, 0) is 4.79 Å². The van der Waals surface area contributed by atoms with Crippen LogP contribution in [0.2, 0.25) is 0 Å². The third-order valence-corrected chi connectivity index (χ3v) is 2.86. The molecule has 0 spiro atoms. The number of rotatable bonds is 5. The number of nitrogens with zero attached hydrogens (tertiary/aromatic N) is 1. The predicted molar refractivity (Wildman–Crippen MR) is 58.2 cm³/mol. The van der Waals surface area contributed by atoms with Crippen molar-refractivity contribution in [3.8, 4) is 0 Å². The minimum Gasteiger partial charge on any atom is -0.359 e. The number of piperidine rings is 1. The number of nitrogens with one attached hydrogen (secondary N) is 1. The molecule has 14 heavy (non-hydrogen) atoms. The molecule has 0 aromatic carbocycles. The van der Waals surface area contributed by atoms with E-state index in [1.54, 1.807) is 7.05 Å². The Labute approximate surface area is 86.9 Å². The SMILES string of the molecule is CNC(=O)CCCCN1CCCCC1. The number of unbranched alkanes of at least 4 members (excludes halogenated alkanes) is 1. The van der Waals surface area contributed by atoms with Gasteiger partial charge in [-0.2, -0.15) is 0 Å². The van der Waals surface area contributed by atoms with Gasteiger partial charge in [-0.3, -0.25) is 4.79 Å². The second kappa shape index (κ2) is 6.82. The topological polar surface area (TPSA) is 32.3 Å². The van der Waals surface area contributed by atoms with Crippen LogP contribution in [0, 0.1) is 0 Å². The molecular formula is C11H22N2O. The Morgan fingerprint density at radius 3 is 2.57 bits per heavy atom. The monoisotopic (exact) mass is 198 g/mol. The summed E-state index contributed by atoms with van der Waals surface area (Å²) in [6.07, 6.45) is 6.98. The van der Waals surface area contributed by atoms with Crippen molar-refractivity contribution in [3.63, 3.8) is 0 Å². The average molecular weight is 198 g/mol. The fraction of sp³-hybridized carbons (Fsp3) is 0.909. The minimum absolute atomic E-state index is 0.170. The van der Waals surface area contributed by atoms with E-state index >= 15 is 0 Å². The number of carbonyl (C=O) groups excluding carboxylic acids is 1. The molecule has 0 radical (unpaired) electrons. The standard InChI is InChI=1S/C11H22N2O/c1-12-11(14)7-3-6-10-13-8-4-2-5-9-13/h2-10H2,1H3,(H,12,14). The largest absolute Gasteiger partial charge is 0.359 e. The van der Waals surface area contributed by atoms with Crippen molar-refractivity contribution in [1.29, 1.82) is 0 Å². The first kappa shape index (κ1) is 11.5. The fourth-order valence-electron chi connectivity index (χ4n) is 1.93. The number of amides is 1. The Morgan fingerprint density at radius 1 is 1.21 bits per heavy atom. The highest BCUT2D eigenvalue weighted by Crippen LogP contribution is 2.09. The summed E-state index contributed by atoms with van der Waals surface area (Å²) in [6, 6.07) is 0. The summed E-state index contributed by atoms with van der Waals surface area (Å²) in [4.78, 5) is 13.5. The third-order valence-electron chi connectivity index (χ3n) is 2.86. The Kier molecular flexibility index (Phi) is 5.60. The van der Waals surface area contributed by atoms with Gasteiger partial charge in [-0.15, -0.1) is 0 Å². The van der Waals surface area contributed by atoms with Gasteiger partial charge in [-0.05, 0) is 45.3 Å². The van der Waals surface area contributed by atoms with Crippen molar-refractivity contribution < 1.29 is 4.79 Å². The second-order valence-electron chi connectivity index (χ2n) is 4.03. The second-order valence-corrected chi connectivity index (χ2v) is 4.03. The molecule has 1 fully saturated rings. The van der Waals surface area contributed by atoms with Gasteiger partial charge in [0.1, 0.15) is 0 Å². The molecule has 0 aliphatic carbocycles. The van der Waals surface area contributed by atoms with Crippen LogP contribution in [0.3, 0.4) is 0 Å². The summed E-state index contributed by atoms with van der Waals surface area (Å²) in [5.74, 6) is 0.170. The third kappa shape index (κ3) is 4.61. The van der Waals surface area contributed by atoms with Crippen LogP contribution in [0.25, 0.3) is 0 Å². The molecule has 0 unspecified atom stereocenters. The van der Waals surface area contributed by atoms with E-state index in [1.165, 1.54) is 38.9 Å². The molecule has 1 aliphatic heterocycles. The Morgan fingerprint density at radius 2 is 1.93 bits per heavy atom. The highest BCUT2D eigenvalue weighted by Gasteiger charge is 2.09.